The molecule has 0 aliphatic carbocycles. The second-order valence-electron chi connectivity index (χ2n) is 8.04. The van der Waals surface area contributed by atoms with Gasteiger partial charge in [-0.2, -0.15) is 5.10 Å². The fourth-order valence-corrected chi connectivity index (χ4v) is 4.38. The first-order valence-electron chi connectivity index (χ1n) is 10.4. The SMILES string of the molecule is C=C[C@H]1CC[C@H](C)N1c1ccc(-c2nc3cc(F)cnc3n2Cc2ccn(C)n2)cn1. The molecule has 31 heavy (non-hydrogen) atoms. The lowest BCUT2D eigenvalue weighted by Gasteiger charge is -2.27. The zero-order chi connectivity index (χ0) is 21.5. The van der Waals surface area contributed by atoms with E-state index in [0.717, 1.165) is 29.9 Å². The van der Waals surface area contributed by atoms with E-state index >= 15 is 0 Å². The average Bonchev–Trinajstić information content (AvgIpc) is 3.45. The third-order valence-corrected chi connectivity index (χ3v) is 5.90. The van der Waals surface area contributed by atoms with E-state index in [1.54, 1.807) is 4.68 Å². The number of hydrogen-bond acceptors (Lipinski definition) is 5. The number of hydrogen-bond donors (Lipinski definition) is 0. The molecule has 0 N–H and O–H groups in total. The van der Waals surface area contributed by atoms with Crippen molar-refractivity contribution in [2.24, 2.45) is 7.05 Å². The van der Waals surface area contributed by atoms with Crippen LogP contribution in [0, 0.1) is 5.82 Å². The molecule has 0 unspecified atom stereocenters. The lowest BCUT2D eigenvalue weighted by Crippen LogP contribution is -2.33. The lowest BCUT2D eigenvalue weighted by atomic mass is 10.2. The predicted octanol–water partition coefficient (Wildman–Crippen LogP) is 3.96. The minimum absolute atomic E-state index is 0.300. The van der Waals surface area contributed by atoms with Crippen molar-refractivity contribution in [2.45, 2.75) is 38.4 Å². The summed E-state index contributed by atoms with van der Waals surface area (Å²) >= 11 is 0. The van der Waals surface area contributed by atoms with Gasteiger partial charge in [0.1, 0.15) is 23.0 Å². The van der Waals surface area contributed by atoms with E-state index in [-0.39, 0.29) is 0 Å². The molecule has 1 saturated heterocycles. The Hall–Kier alpha value is -3.55. The van der Waals surface area contributed by atoms with Crippen molar-refractivity contribution in [3.63, 3.8) is 0 Å². The Balaban J connectivity index is 1.56. The van der Waals surface area contributed by atoms with Crippen LogP contribution in [0.1, 0.15) is 25.5 Å². The minimum Gasteiger partial charge on any atom is -0.347 e. The smallest absolute Gasteiger partial charge is 0.160 e. The van der Waals surface area contributed by atoms with Crippen molar-refractivity contribution in [1.29, 1.82) is 0 Å². The number of anilines is 1. The van der Waals surface area contributed by atoms with E-state index in [2.05, 4.69) is 33.5 Å². The standard InChI is InChI=1S/C23H24FN7/c1-4-19-7-5-15(2)31(19)21-8-6-16(12-25-21)22-27-20-11-17(24)13-26-23(20)30(22)14-18-9-10-29(3)28-18/h4,6,8-13,15,19H,1,5,7,14H2,2-3H3/t15-,19-/m0/s1. The minimum atomic E-state index is -0.409. The van der Waals surface area contributed by atoms with Crippen LogP contribution in [0.4, 0.5) is 10.2 Å². The van der Waals surface area contributed by atoms with Crippen molar-refractivity contribution >= 4 is 17.0 Å². The Morgan fingerprint density at radius 2 is 2.06 bits per heavy atom. The van der Waals surface area contributed by atoms with Crippen LogP contribution in [0.15, 0.2) is 55.5 Å². The Labute approximate surface area is 179 Å². The molecule has 0 radical (unpaired) electrons. The number of fused-ring (bicyclic) bond motifs is 1. The van der Waals surface area contributed by atoms with E-state index in [0.29, 0.717) is 35.6 Å². The molecule has 5 heterocycles. The van der Waals surface area contributed by atoms with Crippen LogP contribution >= 0.6 is 0 Å². The van der Waals surface area contributed by atoms with Gasteiger partial charge < -0.3 is 9.47 Å². The van der Waals surface area contributed by atoms with E-state index in [1.807, 2.05) is 48.3 Å². The summed E-state index contributed by atoms with van der Waals surface area (Å²) in [5.74, 6) is 1.20. The maximum absolute atomic E-state index is 13.8. The number of rotatable bonds is 5. The van der Waals surface area contributed by atoms with Gasteiger partial charge >= 0.3 is 0 Å². The second kappa shape index (κ2) is 7.61. The van der Waals surface area contributed by atoms with Crippen molar-refractivity contribution in [3.05, 3.63) is 67.0 Å². The van der Waals surface area contributed by atoms with Crippen molar-refractivity contribution < 1.29 is 4.39 Å². The quantitative estimate of drug-likeness (QED) is 0.460. The Kier molecular flexibility index (Phi) is 4.77. The highest BCUT2D eigenvalue weighted by Gasteiger charge is 2.29. The molecule has 4 aromatic heterocycles. The third kappa shape index (κ3) is 3.48. The molecule has 5 rings (SSSR count). The number of pyridine rings is 2. The summed E-state index contributed by atoms with van der Waals surface area (Å²) in [5.41, 5.74) is 2.85. The Morgan fingerprint density at radius 1 is 1.19 bits per heavy atom. The molecule has 1 aliphatic rings. The maximum Gasteiger partial charge on any atom is 0.160 e. The normalized spacial score (nSPS) is 18.7. The Bertz CT molecular complexity index is 1240. The van der Waals surface area contributed by atoms with Crippen LogP contribution in [-0.4, -0.2) is 41.4 Å². The van der Waals surface area contributed by atoms with Gasteiger partial charge in [0.05, 0.1) is 18.4 Å². The highest BCUT2D eigenvalue weighted by molar-refractivity contribution is 5.77. The van der Waals surface area contributed by atoms with Gasteiger partial charge in [0.25, 0.3) is 0 Å². The molecular weight excluding hydrogens is 393 g/mol. The molecule has 0 aromatic carbocycles. The van der Waals surface area contributed by atoms with Crippen LogP contribution in [0.3, 0.4) is 0 Å². The van der Waals surface area contributed by atoms with Crippen LogP contribution in [0.25, 0.3) is 22.6 Å². The molecule has 158 valence electrons. The molecule has 8 heteroatoms. The summed E-state index contributed by atoms with van der Waals surface area (Å²) in [7, 11) is 1.88. The first kappa shape index (κ1) is 19.4. The molecular formula is C23H24FN7. The monoisotopic (exact) mass is 417 g/mol. The van der Waals surface area contributed by atoms with Gasteiger partial charge in [0.15, 0.2) is 5.65 Å². The summed E-state index contributed by atoms with van der Waals surface area (Å²) in [6.07, 6.45) is 9.14. The largest absolute Gasteiger partial charge is 0.347 e. The molecule has 4 aromatic rings. The molecule has 1 aliphatic heterocycles. The summed E-state index contributed by atoms with van der Waals surface area (Å²) in [5, 5.41) is 4.47. The molecule has 0 bridgehead atoms. The number of imidazole rings is 1. The summed E-state index contributed by atoms with van der Waals surface area (Å²) in [6.45, 7) is 6.67. The van der Waals surface area contributed by atoms with Gasteiger partial charge in [-0.3, -0.25) is 4.68 Å². The van der Waals surface area contributed by atoms with Gasteiger partial charge in [-0.25, -0.2) is 19.3 Å². The zero-order valence-electron chi connectivity index (χ0n) is 17.6. The van der Waals surface area contributed by atoms with Crippen LogP contribution < -0.4 is 4.90 Å². The van der Waals surface area contributed by atoms with E-state index in [4.69, 9.17) is 4.98 Å². The maximum atomic E-state index is 13.8. The number of aromatic nitrogens is 6. The van der Waals surface area contributed by atoms with Gasteiger partial charge in [0, 0.05) is 43.2 Å². The average molecular weight is 417 g/mol. The molecule has 0 amide bonds. The van der Waals surface area contributed by atoms with Gasteiger partial charge in [-0.15, -0.1) is 6.58 Å². The third-order valence-electron chi connectivity index (χ3n) is 5.90. The molecule has 0 spiro atoms. The lowest BCUT2D eigenvalue weighted by molar-refractivity contribution is 0.623. The first-order valence-corrected chi connectivity index (χ1v) is 10.4. The number of halogens is 1. The molecule has 7 nitrogen and oxygen atoms in total. The van der Waals surface area contributed by atoms with Crippen molar-refractivity contribution in [1.82, 2.24) is 29.3 Å². The topological polar surface area (TPSA) is 64.7 Å². The van der Waals surface area contributed by atoms with Crippen LogP contribution in [0.2, 0.25) is 0 Å². The van der Waals surface area contributed by atoms with Crippen molar-refractivity contribution in [3.8, 4) is 11.4 Å². The Morgan fingerprint density at radius 3 is 2.77 bits per heavy atom. The van der Waals surface area contributed by atoms with Gasteiger partial charge in [0.2, 0.25) is 0 Å². The van der Waals surface area contributed by atoms with E-state index in [1.165, 1.54) is 12.3 Å². The number of nitrogens with zero attached hydrogens (tertiary/aromatic N) is 7. The van der Waals surface area contributed by atoms with Crippen LogP contribution in [-0.2, 0) is 13.6 Å². The highest BCUT2D eigenvalue weighted by atomic mass is 19.1. The fraction of sp³-hybridized carbons (Fsp3) is 0.304. The van der Waals surface area contributed by atoms with Gasteiger partial charge in [-0.05, 0) is 38.0 Å². The highest BCUT2D eigenvalue weighted by Crippen LogP contribution is 2.31. The fourth-order valence-electron chi connectivity index (χ4n) is 4.38. The predicted molar refractivity (Wildman–Crippen MR) is 118 cm³/mol. The molecule has 2 atom stereocenters. The van der Waals surface area contributed by atoms with E-state index < -0.39 is 5.82 Å². The summed E-state index contributed by atoms with van der Waals surface area (Å²) in [6, 6.07) is 8.11. The van der Waals surface area contributed by atoms with Crippen molar-refractivity contribution in [2.75, 3.05) is 4.90 Å². The molecule has 1 fully saturated rings. The second-order valence-corrected chi connectivity index (χ2v) is 8.04. The summed E-state index contributed by atoms with van der Waals surface area (Å²) < 4.78 is 17.5. The zero-order valence-corrected chi connectivity index (χ0v) is 17.6. The van der Waals surface area contributed by atoms with Crippen LogP contribution in [0.5, 0.6) is 0 Å². The first-order chi connectivity index (χ1) is 15.0. The van der Waals surface area contributed by atoms with E-state index in [9.17, 15) is 4.39 Å². The van der Waals surface area contributed by atoms with Gasteiger partial charge in [-0.1, -0.05) is 6.08 Å². The number of aryl methyl sites for hydroxylation is 1. The summed E-state index contributed by atoms with van der Waals surface area (Å²) in [4.78, 5) is 16.0. The molecule has 0 saturated carbocycles.